The minimum atomic E-state index is -0.214. The summed E-state index contributed by atoms with van der Waals surface area (Å²) in [6, 6.07) is 17.7. The Kier molecular flexibility index (Phi) is 5.95. The average Bonchev–Trinajstić information content (AvgIpc) is 3.15. The van der Waals surface area contributed by atoms with Crippen molar-refractivity contribution in [2.75, 3.05) is 13.1 Å². The number of fused-ring (bicyclic) bond motifs is 1. The maximum atomic E-state index is 12.8. The molecule has 0 bridgehead atoms. The first-order chi connectivity index (χ1) is 14.0. The molecule has 0 fully saturated rings. The number of carbonyl (C=O) groups excluding carboxylic acids is 1. The fourth-order valence-electron chi connectivity index (χ4n) is 3.98. The number of halogens is 2. The van der Waals surface area contributed by atoms with Gasteiger partial charge in [-0.05, 0) is 47.9 Å². The standard InChI is InChI=1S/C23H23Cl2N3O/c1-27-11-4-7-21(27)22(28-12-10-16-5-2-3-6-17(16)15-28)14-26-23(29)19-13-18(24)8-9-20(19)25/h2-9,11,13,22H,10,12,14-15H2,1H3,(H,26,29). The highest BCUT2D eigenvalue weighted by Crippen LogP contribution is 2.28. The molecule has 1 aliphatic heterocycles. The Morgan fingerprint density at radius 1 is 1.10 bits per heavy atom. The van der Waals surface area contributed by atoms with Crippen molar-refractivity contribution in [1.29, 1.82) is 0 Å². The van der Waals surface area contributed by atoms with Crippen LogP contribution in [0.15, 0.2) is 60.8 Å². The van der Waals surface area contributed by atoms with Crippen molar-refractivity contribution < 1.29 is 4.79 Å². The van der Waals surface area contributed by atoms with Crippen LogP contribution in [0.2, 0.25) is 10.0 Å². The fourth-order valence-corrected chi connectivity index (χ4v) is 4.36. The van der Waals surface area contributed by atoms with Crippen LogP contribution in [0.1, 0.15) is 33.2 Å². The molecule has 1 aliphatic rings. The van der Waals surface area contributed by atoms with E-state index in [0.717, 1.165) is 19.5 Å². The van der Waals surface area contributed by atoms with Gasteiger partial charge >= 0.3 is 0 Å². The van der Waals surface area contributed by atoms with E-state index in [9.17, 15) is 4.79 Å². The highest BCUT2D eigenvalue weighted by molar-refractivity contribution is 6.35. The molecule has 0 saturated heterocycles. The summed E-state index contributed by atoms with van der Waals surface area (Å²) in [7, 11) is 2.04. The van der Waals surface area contributed by atoms with Gasteiger partial charge in [0.05, 0.1) is 16.6 Å². The summed E-state index contributed by atoms with van der Waals surface area (Å²) < 4.78 is 2.11. The Morgan fingerprint density at radius 3 is 2.66 bits per heavy atom. The molecule has 29 heavy (non-hydrogen) atoms. The predicted molar refractivity (Wildman–Crippen MR) is 118 cm³/mol. The third kappa shape index (κ3) is 4.35. The number of benzene rings is 2. The van der Waals surface area contributed by atoms with Gasteiger partial charge in [-0.25, -0.2) is 0 Å². The average molecular weight is 428 g/mol. The number of carbonyl (C=O) groups is 1. The van der Waals surface area contributed by atoms with Crippen LogP contribution in [-0.4, -0.2) is 28.5 Å². The first-order valence-electron chi connectivity index (χ1n) is 9.68. The molecule has 0 aliphatic carbocycles. The topological polar surface area (TPSA) is 37.3 Å². The lowest BCUT2D eigenvalue weighted by Gasteiger charge is -2.36. The van der Waals surface area contributed by atoms with E-state index in [1.807, 2.05) is 19.3 Å². The zero-order chi connectivity index (χ0) is 20.4. The second kappa shape index (κ2) is 8.62. The lowest BCUT2D eigenvalue weighted by Crippen LogP contribution is -2.41. The molecular formula is C23H23Cl2N3O. The number of aryl methyl sites for hydroxylation is 1. The molecule has 0 saturated carbocycles. The molecule has 2 aromatic carbocycles. The quantitative estimate of drug-likeness (QED) is 0.630. The summed E-state index contributed by atoms with van der Waals surface area (Å²) in [5, 5.41) is 3.96. The molecule has 4 rings (SSSR count). The van der Waals surface area contributed by atoms with Crippen LogP contribution in [0.25, 0.3) is 0 Å². The van der Waals surface area contributed by atoms with Crippen LogP contribution in [0.4, 0.5) is 0 Å². The van der Waals surface area contributed by atoms with Crippen LogP contribution in [-0.2, 0) is 20.0 Å². The zero-order valence-electron chi connectivity index (χ0n) is 16.2. The Hall–Kier alpha value is -2.27. The highest BCUT2D eigenvalue weighted by atomic mass is 35.5. The predicted octanol–water partition coefficient (Wildman–Crippen LogP) is 4.86. The minimum absolute atomic E-state index is 0.0604. The molecule has 1 N–H and O–H groups in total. The Balaban J connectivity index is 1.55. The van der Waals surface area contributed by atoms with Crippen LogP contribution < -0.4 is 5.32 Å². The highest BCUT2D eigenvalue weighted by Gasteiger charge is 2.27. The van der Waals surface area contributed by atoms with Gasteiger partial charge < -0.3 is 9.88 Å². The Labute approximate surface area is 181 Å². The molecule has 3 aromatic rings. The van der Waals surface area contributed by atoms with Crippen molar-refractivity contribution in [3.63, 3.8) is 0 Å². The maximum Gasteiger partial charge on any atom is 0.252 e. The first kappa shape index (κ1) is 20.0. The second-order valence-electron chi connectivity index (χ2n) is 7.38. The number of aromatic nitrogens is 1. The lowest BCUT2D eigenvalue weighted by molar-refractivity contribution is 0.0925. The van der Waals surface area contributed by atoms with E-state index < -0.39 is 0 Å². The van der Waals surface area contributed by atoms with Crippen molar-refractivity contribution >= 4 is 29.1 Å². The Morgan fingerprint density at radius 2 is 1.90 bits per heavy atom. The summed E-state index contributed by atoms with van der Waals surface area (Å²) in [6.45, 7) is 2.29. The van der Waals surface area contributed by atoms with Gasteiger partial charge in [-0.3, -0.25) is 9.69 Å². The molecule has 6 heteroatoms. The van der Waals surface area contributed by atoms with E-state index in [-0.39, 0.29) is 11.9 Å². The normalized spacial score (nSPS) is 15.0. The number of amides is 1. The molecule has 1 atom stereocenters. The zero-order valence-corrected chi connectivity index (χ0v) is 17.7. The van der Waals surface area contributed by atoms with E-state index in [0.29, 0.717) is 22.2 Å². The summed E-state index contributed by atoms with van der Waals surface area (Å²) in [5.41, 5.74) is 4.32. The summed E-state index contributed by atoms with van der Waals surface area (Å²) in [4.78, 5) is 15.2. The number of hydrogen-bond acceptors (Lipinski definition) is 2. The van der Waals surface area contributed by atoms with E-state index in [2.05, 4.69) is 45.1 Å². The van der Waals surface area contributed by atoms with Crippen LogP contribution >= 0.6 is 23.2 Å². The second-order valence-corrected chi connectivity index (χ2v) is 8.23. The van der Waals surface area contributed by atoms with Gasteiger partial charge in [0.15, 0.2) is 0 Å². The summed E-state index contributed by atoms with van der Waals surface area (Å²) in [5.74, 6) is -0.214. The minimum Gasteiger partial charge on any atom is -0.353 e. The van der Waals surface area contributed by atoms with Gasteiger partial charge in [-0.15, -0.1) is 0 Å². The third-order valence-electron chi connectivity index (χ3n) is 5.56. The van der Waals surface area contributed by atoms with Crippen molar-refractivity contribution in [2.24, 2.45) is 7.05 Å². The number of nitrogens with one attached hydrogen (secondary N) is 1. The number of hydrogen-bond donors (Lipinski definition) is 1. The van der Waals surface area contributed by atoms with Crippen LogP contribution in [0.5, 0.6) is 0 Å². The van der Waals surface area contributed by atoms with E-state index in [4.69, 9.17) is 23.2 Å². The molecule has 150 valence electrons. The van der Waals surface area contributed by atoms with Gasteiger partial charge in [-0.2, -0.15) is 0 Å². The smallest absolute Gasteiger partial charge is 0.252 e. The summed E-state index contributed by atoms with van der Waals surface area (Å²) in [6.07, 6.45) is 3.04. The molecule has 1 unspecified atom stereocenters. The van der Waals surface area contributed by atoms with Crippen molar-refractivity contribution in [1.82, 2.24) is 14.8 Å². The van der Waals surface area contributed by atoms with Crippen LogP contribution in [0, 0.1) is 0 Å². The largest absolute Gasteiger partial charge is 0.353 e. The van der Waals surface area contributed by atoms with Crippen LogP contribution in [0.3, 0.4) is 0 Å². The molecule has 0 radical (unpaired) electrons. The maximum absolute atomic E-state index is 12.8. The van der Waals surface area contributed by atoms with E-state index in [1.54, 1.807) is 18.2 Å². The molecule has 1 amide bonds. The number of nitrogens with zero attached hydrogens (tertiary/aromatic N) is 2. The van der Waals surface area contributed by atoms with E-state index in [1.165, 1.54) is 16.8 Å². The van der Waals surface area contributed by atoms with Gasteiger partial charge in [0.25, 0.3) is 5.91 Å². The van der Waals surface area contributed by atoms with Gasteiger partial charge in [0.1, 0.15) is 0 Å². The van der Waals surface area contributed by atoms with Crippen molar-refractivity contribution in [2.45, 2.75) is 19.0 Å². The monoisotopic (exact) mass is 427 g/mol. The van der Waals surface area contributed by atoms with Gasteiger partial charge in [-0.1, -0.05) is 47.5 Å². The molecule has 2 heterocycles. The van der Waals surface area contributed by atoms with Crippen molar-refractivity contribution in [3.05, 3.63) is 93.2 Å². The fraction of sp³-hybridized carbons (Fsp3) is 0.261. The number of rotatable bonds is 5. The van der Waals surface area contributed by atoms with E-state index >= 15 is 0 Å². The molecular weight excluding hydrogens is 405 g/mol. The third-order valence-corrected chi connectivity index (χ3v) is 6.12. The Bertz CT molecular complexity index is 1030. The van der Waals surface area contributed by atoms with Gasteiger partial charge in [0.2, 0.25) is 0 Å². The summed E-state index contributed by atoms with van der Waals surface area (Å²) >= 11 is 12.2. The molecule has 1 aromatic heterocycles. The van der Waals surface area contributed by atoms with Gasteiger partial charge in [0, 0.05) is 43.6 Å². The van der Waals surface area contributed by atoms with Crippen molar-refractivity contribution in [3.8, 4) is 0 Å². The molecule has 4 nitrogen and oxygen atoms in total. The SMILES string of the molecule is Cn1cccc1C(CNC(=O)c1cc(Cl)ccc1Cl)N1CCc2ccccc2C1. The molecule has 0 spiro atoms. The first-order valence-corrected chi connectivity index (χ1v) is 10.4. The lowest BCUT2D eigenvalue weighted by atomic mass is 9.97.